The van der Waals surface area contributed by atoms with Gasteiger partial charge < -0.3 is 4.90 Å². The highest BCUT2D eigenvalue weighted by atomic mass is 35.5. The molecule has 0 saturated heterocycles. The third-order valence-electron chi connectivity index (χ3n) is 2.62. The summed E-state index contributed by atoms with van der Waals surface area (Å²) in [5.41, 5.74) is 0.240. The van der Waals surface area contributed by atoms with Crippen molar-refractivity contribution in [2.24, 2.45) is 0 Å². The van der Waals surface area contributed by atoms with Gasteiger partial charge >= 0.3 is 0 Å². The normalized spacial score (nSPS) is 10.7. The Balaban J connectivity index is 2.32. The number of benzene rings is 1. The Morgan fingerprint density at radius 2 is 2.05 bits per heavy atom. The predicted molar refractivity (Wildman–Crippen MR) is 76.6 cm³/mol. The first kappa shape index (κ1) is 14.4. The van der Waals surface area contributed by atoms with E-state index >= 15 is 0 Å². The molecule has 102 valence electrons. The van der Waals surface area contributed by atoms with Crippen LogP contribution in [0.3, 0.4) is 0 Å². The van der Waals surface area contributed by atoms with Gasteiger partial charge in [0.1, 0.15) is 10.0 Å². The first-order valence-corrected chi connectivity index (χ1v) is 8.03. The third kappa shape index (κ3) is 2.96. The van der Waals surface area contributed by atoms with Crippen molar-refractivity contribution in [3.63, 3.8) is 0 Å². The van der Waals surface area contributed by atoms with Gasteiger partial charge in [0.05, 0.1) is 0 Å². The molecule has 0 fully saturated rings. The average Bonchev–Trinajstić information content (AvgIpc) is 2.72. The van der Waals surface area contributed by atoms with Crippen molar-refractivity contribution >= 4 is 37.3 Å². The molecule has 0 saturated carbocycles. The second-order valence-electron chi connectivity index (χ2n) is 3.80. The lowest BCUT2D eigenvalue weighted by molar-refractivity contribution is 0.497. The second kappa shape index (κ2) is 5.98. The van der Waals surface area contributed by atoms with Crippen LogP contribution in [-0.2, 0) is 6.54 Å². The van der Waals surface area contributed by atoms with E-state index in [2.05, 4.69) is 0 Å². The van der Waals surface area contributed by atoms with Gasteiger partial charge in [-0.3, -0.25) is 4.79 Å². The smallest absolute Gasteiger partial charge is 0.263 e. The van der Waals surface area contributed by atoms with E-state index in [1.165, 1.54) is 22.5 Å². The fourth-order valence-corrected chi connectivity index (χ4v) is 4.39. The largest absolute Gasteiger partial charge is 0.357 e. The van der Waals surface area contributed by atoms with Gasteiger partial charge in [-0.1, -0.05) is 34.1 Å². The summed E-state index contributed by atoms with van der Waals surface area (Å²) in [4.78, 5) is 13.1. The Morgan fingerprint density at radius 3 is 2.63 bits per heavy atom. The standard InChI is InChI=1S/C12H10ClF2NOS2/c1-2-16(11-9(13)12(17)19-18-11)6-7-4-3-5-8(14)10(7)15/h3-5H,2,6H2,1H3. The maximum absolute atomic E-state index is 13.6. The summed E-state index contributed by atoms with van der Waals surface area (Å²) in [6, 6.07) is 4.05. The Labute approximate surface area is 121 Å². The van der Waals surface area contributed by atoms with Crippen LogP contribution in [0.5, 0.6) is 0 Å². The van der Waals surface area contributed by atoms with E-state index < -0.39 is 11.6 Å². The molecule has 19 heavy (non-hydrogen) atoms. The summed E-state index contributed by atoms with van der Waals surface area (Å²) in [5, 5.41) is 0.747. The van der Waals surface area contributed by atoms with E-state index in [1.54, 1.807) is 4.90 Å². The lowest BCUT2D eigenvalue weighted by Crippen LogP contribution is -2.22. The van der Waals surface area contributed by atoms with Gasteiger partial charge in [-0.2, -0.15) is 0 Å². The summed E-state index contributed by atoms with van der Waals surface area (Å²) in [5.74, 6) is -1.74. The van der Waals surface area contributed by atoms with Crippen molar-refractivity contribution in [3.05, 3.63) is 50.0 Å². The first-order valence-electron chi connectivity index (χ1n) is 5.51. The zero-order valence-corrected chi connectivity index (χ0v) is 12.3. The number of rotatable bonds is 4. The van der Waals surface area contributed by atoms with Crippen LogP contribution in [0.25, 0.3) is 0 Å². The predicted octanol–water partition coefficient (Wildman–Crippen LogP) is 4.13. The Hall–Kier alpha value is -0.980. The second-order valence-corrected chi connectivity index (χ2v) is 6.27. The molecule has 2 rings (SSSR count). The van der Waals surface area contributed by atoms with Gasteiger partial charge in [-0.15, -0.1) is 0 Å². The van der Waals surface area contributed by atoms with E-state index in [9.17, 15) is 13.6 Å². The zero-order valence-electron chi connectivity index (χ0n) is 9.95. The van der Waals surface area contributed by atoms with E-state index in [4.69, 9.17) is 11.6 Å². The maximum Gasteiger partial charge on any atom is 0.263 e. The van der Waals surface area contributed by atoms with Crippen molar-refractivity contribution in [1.29, 1.82) is 0 Å². The molecule has 0 N–H and O–H groups in total. The molecule has 1 heterocycles. The molecule has 1 aromatic heterocycles. The lowest BCUT2D eigenvalue weighted by atomic mass is 10.2. The van der Waals surface area contributed by atoms with Gasteiger partial charge in [0, 0.05) is 18.7 Å². The SMILES string of the molecule is CCN(Cc1cccc(F)c1F)c1ssc(=O)c1Cl. The van der Waals surface area contributed by atoms with Gasteiger partial charge in [-0.05, 0) is 23.3 Å². The minimum absolute atomic E-state index is 0.147. The zero-order chi connectivity index (χ0) is 14.0. The van der Waals surface area contributed by atoms with Crippen LogP contribution in [0.1, 0.15) is 12.5 Å². The topological polar surface area (TPSA) is 20.3 Å². The van der Waals surface area contributed by atoms with Crippen molar-refractivity contribution < 1.29 is 8.78 Å². The molecule has 1 aromatic carbocycles. The van der Waals surface area contributed by atoms with Crippen LogP contribution in [0.4, 0.5) is 13.8 Å². The molecule has 0 radical (unpaired) electrons. The minimum Gasteiger partial charge on any atom is -0.357 e. The molecular weight excluding hydrogens is 312 g/mol. The summed E-state index contributed by atoms with van der Waals surface area (Å²) in [7, 11) is 2.28. The summed E-state index contributed by atoms with van der Waals surface area (Å²) in [6.07, 6.45) is 0. The first-order chi connectivity index (χ1) is 9.04. The highest BCUT2D eigenvalue weighted by Crippen LogP contribution is 2.32. The molecule has 0 aliphatic rings. The van der Waals surface area contributed by atoms with Crippen LogP contribution in [0.2, 0.25) is 5.02 Å². The quantitative estimate of drug-likeness (QED) is 0.789. The average molecular weight is 322 g/mol. The molecule has 0 atom stereocenters. The number of nitrogens with zero attached hydrogens (tertiary/aromatic N) is 1. The molecule has 7 heteroatoms. The molecule has 0 amide bonds. The summed E-state index contributed by atoms with van der Waals surface area (Å²) in [6.45, 7) is 2.58. The van der Waals surface area contributed by atoms with Crippen molar-refractivity contribution in [1.82, 2.24) is 0 Å². The van der Waals surface area contributed by atoms with Crippen LogP contribution in [-0.4, -0.2) is 6.54 Å². The number of hydrogen-bond donors (Lipinski definition) is 0. The number of anilines is 1. The van der Waals surface area contributed by atoms with Gasteiger partial charge in [0.2, 0.25) is 0 Å². The van der Waals surface area contributed by atoms with Crippen molar-refractivity contribution in [3.8, 4) is 0 Å². The lowest BCUT2D eigenvalue weighted by Gasteiger charge is -2.21. The molecule has 0 bridgehead atoms. The van der Waals surface area contributed by atoms with E-state index in [0.29, 0.717) is 11.5 Å². The van der Waals surface area contributed by atoms with Crippen LogP contribution < -0.4 is 9.64 Å². The number of halogens is 3. The molecular formula is C12H10ClF2NOS2. The van der Waals surface area contributed by atoms with Gasteiger partial charge in [0.25, 0.3) is 4.74 Å². The van der Waals surface area contributed by atoms with E-state index in [-0.39, 0.29) is 21.9 Å². The van der Waals surface area contributed by atoms with E-state index in [0.717, 1.165) is 16.4 Å². The fourth-order valence-electron chi connectivity index (χ4n) is 1.63. The molecule has 0 unspecified atom stereocenters. The monoisotopic (exact) mass is 321 g/mol. The Morgan fingerprint density at radius 1 is 1.32 bits per heavy atom. The van der Waals surface area contributed by atoms with Crippen LogP contribution in [0, 0.1) is 11.6 Å². The molecule has 2 aromatic rings. The Bertz CT molecular complexity index is 641. The fraction of sp³-hybridized carbons (Fsp3) is 0.250. The van der Waals surface area contributed by atoms with Crippen LogP contribution in [0.15, 0.2) is 23.0 Å². The highest BCUT2D eigenvalue weighted by molar-refractivity contribution is 7.70. The highest BCUT2D eigenvalue weighted by Gasteiger charge is 2.17. The van der Waals surface area contributed by atoms with Crippen molar-refractivity contribution in [2.45, 2.75) is 13.5 Å². The maximum atomic E-state index is 13.6. The molecule has 0 aliphatic carbocycles. The molecule has 2 nitrogen and oxygen atoms in total. The third-order valence-corrected chi connectivity index (χ3v) is 5.44. The summed E-state index contributed by atoms with van der Waals surface area (Å²) >= 11 is 5.92. The van der Waals surface area contributed by atoms with Crippen LogP contribution >= 0.6 is 32.3 Å². The van der Waals surface area contributed by atoms with E-state index in [1.807, 2.05) is 6.92 Å². The van der Waals surface area contributed by atoms with Gasteiger partial charge in [0.15, 0.2) is 11.6 Å². The summed E-state index contributed by atoms with van der Waals surface area (Å²) < 4.78 is 26.6. The molecule has 0 aliphatic heterocycles. The number of hydrogen-bond acceptors (Lipinski definition) is 4. The molecule has 0 spiro atoms. The van der Waals surface area contributed by atoms with Gasteiger partial charge in [-0.25, -0.2) is 8.78 Å². The Kier molecular flexibility index (Phi) is 4.54. The minimum atomic E-state index is -0.877. The van der Waals surface area contributed by atoms with Crippen molar-refractivity contribution in [2.75, 3.05) is 11.4 Å².